The van der Waals surface area contributed by atoms with Crippen molar-refractivity contribution >= 4 is 55.8 Å². The van der Waals surface area contributed by atoms with Gasteiger partial charge < -0.3 is 19.8 Å². The van der Waals surface area contributed by atoms with Crippen LogP contribution < -0.4 is 69.3 Å². The van der Waals surface area contributed by atoms with E-state index in [0.717, 1.165) is 0 Å². The quantitative estimate of drug-likeness (QED) is 0.101. The number of carboxylic acid groups (broad SMARTS) is 2. The third-order valence-electron chi connectivity index (χ3n) is 5.40. The van der Waals surface area contributed by atoms with Crippen LogP contribution >= 0.6 is 0 Å². The second-order valence-corrected chi connectivity index (χ2v) is 10.8. The Hall–Kier alpha value is -0.960. The van der Waals surface area contributed by atoms with Gasteiger partial charge in [0.2, 0.25) is 11.8 Å². The van der Waals surface area contributed by atoms with E-state index in [4.69, 9.17) is 0 Å². The summed E-state index contributed by atoms with van der Waals surface area (Å²) in [6, 6.07) is 0. The molecule has 2 aliphatic rings. The van der Waals surface area contributed by atoms with Crippen LogP contribution in [0.4, 0.5) is 0 Å². The molecule has 2 N–H and O–H groups in total. The number of carbonyl (C=O) groups excluding carboxylic acids is 6. The SMILES string of the molecule is O=C([O-])CCCCCC(C(=O)[O-])(N1C(=O)CC(S(=O)(=O)O)C1=O)N1C(=O)CC(S(=O)(=O)O)C1=O.[Na+].[Na+]. The first-order valence-electron chi connectivity index (χ1n) is 9.54. The molecule has 20 heteroatoms. The number of carboxylic acids is 2. The van der Waals surface area contributed by atoms with Crippen LogP contribution in [-0.4, -0.2) is 87.5 Å². The molecular formula is C16H18N2Na2O14S2. The molecule has 2 aliphatic heterocycles. The maximum absolute atomic E-state index is 12.7. The molecule has 16 nitrogen and oxygen atoms in total. The van der Waals surface area contributed by atoms with Crippen LogP contribution in [0.1, 0.15) is 44.9 Å². The average molecular weight is 572 g/mol. The van der Waals surface area contributed by atoms with Gasteiger partial charge in [0.25, 0.3) is 32.1 Å². The zero-order valence-electron chi connectivity index (χ0n) is 19.1. The third-order valence-corrected chi connectivity index (χ3v) is 7.58. The molecule has 2 fully saturated rings. The van der Waals surface area contributed by atoms with Crippen LogP contribution in [0.2, 0.25) is 0 Å². The van der Waals surface area contributed by atoms with E-state index in [0.29, 0.717) is 0 Å². The summed E-state index contributed by atoms with van der Waals surface area (Å²) in [7, 11) is -10.5. The second-order valence-electron chi connectivity index (χ2n) is 7.59. The molecule has 0 aromatic rings. The minimum Gasteiger partial charge on any atom is -0.550 e. The first-order chi connectivity index (χ1) is 15.5. The van der Waals surface area contributed by atoms with Gasteiger partial charge in [0, 0.05) is 5.97 Å². The molecule has 0 saturated carbocycles. The molecule has 0 spiro atoms. The predicted molar refractivity (Wildman–Crippen MR) is 99.4 cm³/mol. The Labute approximate surface area is 248 Å². The smallest absolute Gasteiger partial charge is 0.550 e. The fourth-order valence-corrected chi connectivity index (χ4v) is 5.30. The molecule has 2 atom stereocenters. The predicted octanol–water partition coefficient (Wildman–Crippen LogP) is -10.8. The van der Waals surface area contributed by atoms with E-state index in [-0.39, 0.29) is 88.2 Å². The molecule has 2 heterocycles. The number of aliphatic carboxylic acids is 2. The Morgan fingerprint density at radius 3 is 1.47 bits per heavy atom. The van der Waals surface area contributed by atoms with Crippen molar-refractivity contribution in [1.29, 1.82) is 0 Å². The Morgan fingerprint density at radius 1 is 0.806 bits per heavy atom. The normalized spacial score (nSPS) is 22.2. The van der Waals surface area contributed by atoms with Crippen LogP contribution in [0.5, 0.6) is 0 Å². The average Bonchev–Trinajstić information content (AvgIpc) is 3.14. The molecule has 0 aliphatic carbocycles. The summed E-state index contributed by atoms with van der Waals surface area (Å²) in [6.45, 7) is 0. The second kappa shape index (κ2) is 12.7. The van der Waals surface area contributed by atoms with E-state index in [2.05, 4.69) is 0 Å². The Kier molecular flexibility index (Phi) is 12.4. The molecular weight excluding hydrogens is 554 g/mol. The topological polar surface area (TPSA) is 264 Å². The van der Waals surface area contributed by atoms with Gasteiger partial charge >= 0.3 is 59.1 Å². The van der Waals surface area contributed by atoms with Crippen LogP contribution in [0.25, 0.3) is 0 Å². The maximum atomic E-state index is 12.7. The number of carbonyl (C=O) groups is 6. The molecule has 0 aromatic heterocycles. The third kappa shape index (κ3) is 6.91. The molecule has 4 amide bonds. The zero-order valence-corrected chi connectivity index (χ0v) is 24.7. The number of likely N-dealkylation sites (tertiary alicyclic amines) is 2. The number of hydrogen-bond acceptors (Lipinski definition) is 12. The van der Waals surface area contributed by atoms with Crippen molar-refractivity contribution in [2.75, 3.05) is 0 Å². The Bertz CT molecular complexity index is 1100. The van der Waals surface area contributed by atoms with Crippen LogP contribution in [0, 0.1) is 0 Å². The van der Waals surface area contributed by atoms with Crippen molar-refractivity contribution in [2.45, 2.75) is 61.1 Å². The van der Waals surface area contributed by atoms with Crippen molar-refractivity contribution in [3.8, 4) is 0 Å². The van der Waals surface area contributed by atoms with Crippen LogP contribution in [0.15, 0.2) is 0 Å². The van der Waals surface area contributed by atoms with Crippen LogP contribution in [0.3, 0.4) is 0 Å². The summed E-state index contributed by atoms with van der Waals surface area (Å²) < 4.78 is 64.5. The van der Waals surface area contributed by atoms with E-state index < -0.39 is 97.6 Å². The first kappa shape index (κ1) is 35.0. The van der Waals surface area contributed by atoms with Crippen molar-refractivity contribution in [1.82, 2.24) is 9.80 Å². The van der Waals surface area contributed by atoms with Gasteiger partial charge in [0.15, 0.2) is 16.2 Å². The van der Waals surface area contributed by atoms with Crippen molar-refractivity contribution in [2.24, 2.45) is 0 Å². The summed E-state index contributed by atoms with van der Waals surface area (Å²) in [5.41, 5.74) is -3.36. The fraction of sp³-hybridized carbons (Fsp3) is 0.625. The summed E-state index contributed by atoms with van der Waals surface area (Å²) in [5.74, 6) is -10.6. The molecule has 0 aromatic carbocycles. The largest absolute Gasteiger partial charge is 1.00 e. The van der Waals surface area contributed by atoms with Gasteiger partial charge in [-0.2, -0.15) is 16.8 Å². The minimum atomic E-state index is -5.25. The van der Waals surface area contributed by atoms with Crippen molar-refractivity contribution < 1.29 is 124 Å². The number of amides is 4. The fourth-order valence-electron chi connectivity index (χ4n) is 3.88. The maximum Gasteiger partial charge on any atom is 1.00 e. The van der Waals surface area contributed by atoms with E-state index in [9.17, 15) is 64.9 Å². The minimum absolute atomic E-state index is 0. The van der Waals surface area contributed by atoms with Gasteiger partial charge in [-0.3, -0.25) is 38.1 Å². The zero-order chi connectivity index (χ0) is 26.2. The van der Waals surface area contributed by atoms with Gasteiger partial charge in [-0.05, 0) is 25.7 Å². The first-order valence-corrected chi connectivity index (χ1v) is 12.5. The van der Waals surface area contributed by atoms with E-state index in [1.54, 1.807) is 0 Å². The summed E-state index contributed by atoms with van der Waals surface area (Å²) in [5, 5.41) is 17.9. The van der Waals surface area contributed by atoms with Gasteiger partial charge in [-0.25, -0.2) is 0 Å². The molecule has 2 unspecified atom stereocenters. The number of unbranched alkanes of at least 4 members (excludes halogenated alkanes) is 2. The van der Waals surface area contributed by atoms with E-state index in [1.165, 1.54) is 0 Å². The Balaban J connectivity index is 0.00000612. The summed E-state index contributed by atoms with van der Waals surface area (Å²) in [4.78, 5) is 72.9. The molecule has 36 heavy (non-hydrogen) atoms. The molecule has 0 bridgehead atoms. The monoisotopic (exact) mass is 572 g/mol. The number of rotatable bonds is 11. The van der Waals surface area contributed by atoms with Gasteiger partial charge in [-0.15, -0.1) is 0 Å². The standard InChI is InChI=1S/C16H20N2O14S2.2Na/c19-10-6-8(33(27,28)29)13(23)17(10)16(15(25)26,5-3-1-2-4-12(21)22)18-11(20)7-9(14(18)24)34(30,31)32;;/h8-9H,1-7H2,(H,21,22)(H,25,26)(H,27,28,29)(H,30,31,32);;/q;2*+1/p-2. The Morgan fingerprint density at radius 2 is 1.19 bits per heavy atom. The number of nitrogens with zero attached hydrogens (tertiary/aromatic N) is 2. The van der Waals surface area contributed by atoms with Crippen molar-refractivity contribution in [3.63, 3.8) is 0 Å². The summed E-state index contributed by atoms with van der Waals surface area (Å²) in [6.07, 6.45) is -4.58. The van der Waals surface area contributed by atoms with E-state index >= 15 is 0 Å². The van der Waals surface area contributed by atoms with Crippen molar-refractivity contribution in [3.05, 3.63) is 0 Å². The number of hydrogen-bond donors (Lipinski definition) is 2. The van der Waals surface area contributed by atoms with Gasteiger partial charge in [0.05, 0.1) is 18.8 Å². The number of imide groups is 2. The molecule has 2 saturated heterocycles. The van der Waals surface area contributed by atoms with Crippen LogP contribution in [-0.2, 0) is 49.0 Å². The van der Waals surface area contributed by atoms with Gasteiger partial charge in [-0.1, -0.05) is 6.42 Å². The molecule has 190 valence electrons. The molecule has 2 rings (SSSR count). The van der Waals surface area contributed by atoms with Gasteiger partial charge in [0.1, 0.15) is 0 Å². The summed E-state index contributed by atoms with van der Waals surface area (Å²) >= 11 is 0. The van der Waals surface area contributed by atoms with E-state index in [1.807, 2.05) is 0 Å². The molecule has 0 radical (unpaired) electrons.